The molecule has 0 saturated heterocycles. The molecule has 130 valence electrons. The van der Waals surface area contributed by atoms with E-state index in [-0.39, 0.29) is 11.3 Å². The third-order valence-corrected chi connectivity index (χ3v) is 3.51. The quantitative estimate of drug-likeness (QED) is 0.636. The number of rotatable bonds is 10. The molecule has 1 aromatic rings. The van der Waals surface area contributed by atoms with Gasteiger partial charge in [-0.1, -0.05) is 13.3 Å². The number of anilines is 1. The van der Waals surface area contributed by atoms with E-state index in [1.807, 2.05) is 0 Å². The summed E-state index contributed by atoms with van der Waals surface area (Å²) in [6, 6.07) is 3.31. The molecule has 0 aliphatic rings. The van der Waals surface area contributed by atoms with E-state index in [4.69, 9.17) is 4.74 Å². The van der Waals surface area contributed by atoms with Crippen molar-refractivity contribution in [1.82, 2.24) is 5.32 Å². The summed E-state index contributed by atoms with van der Waals surface area (Å²) >= 11 is 0. The lowest BCUT2D eigenvalue weighted by Gasteiger charge is -2.11. The Morgan fingerprint density at radius 3 is 2.61 bits per heavy atom. The molecule has 1 rings (SSSR count). The van der Waals surface area contributed by atoms with Crippen LogP contribution in [0, 0.1) is 5.82 Å². The van der Waals surface area contributed by atoms with Crippen LogP contribution in [0.1, 0.15) is 36.5 Å². The van der Waals surface area contributed by atoms with E-state index in [0.29, 0.717) is 26.2 Å². The number of carbonyl (C=O) groups excluding carboxylic acids is 1. The van der Waals surface area contributed by atoms with Gasteiger partial charge >= 0.3 is 0 Å². The third-order valence-electron chi connectivity index (χ3n) is 2.91. The van der Waals surface area contributed by atoms with E-state index in [2.05, 4.69) is 17.0 Å². The van der Waals surface area contributed by atoms with Gasteiger partial charge in [-0.2, -0.15) is 0 Å². The average molecular weight is 346 g/mol. The van der Waals surface area contributed by atoms with Gasteiger partial charge in [0.25, 0.3) is 5.91 Å². The molecule has 6 nitrogen and oxygen atoms in total. The first kappa shape index (κ1) is 19.4. The Morgan fingerprint density at radius 2 is 1.96 bits per heavy atom. The number of sulfonamides is 1. The van der Waals surface area contributed by atoms with Gasteiger partial charge in [-0.05, 0) is 31.0 Å². The van der Waals surface area contributed by atoms with Crippen molar-refractivity contribution in [3.8, 4) is 0 Å². The van der Waals surface area contributed by atoms with E-state index >= 15 is 0 Å². The molecular weight excluding hydrogens is 323 g/mol. The molecule has 0 atom stereocenters. The largest absolute Gasteiger partial charge is 0.381 e. The van der Waals surface area contributed by atoms with Crippen LogP contribution in [0.25, 0.3) is 0 Å². The van der Waals surface area contributed by atoms with Crippen molar-refractivity contribution in [3.63, 3.8) is 0 Å². The van der Waals surface area contributed by atoms with Gasteiger partial charge in [-0.25, -0.2) is 12.8 Å². The number of amides is 1. The number of benzene rings is 1. The third kappa shape index (κ3) is 7.94. The van der Waals surface area contributed by atoms with Crippen molar-refractivity contribution < 1.29 is 22.3 Å². The number of carbonyl (C=O) groups is 1. The highest BCUT2D eigenvalue weighted by Crippen LogP contribution is 2.18. The van der Waals surface area contributed by atoms with Crippen molar-refractivity contribution in [2.75, 3.05) is 30.7 Å². The zero-order chi connectivity index (χ0) is 17.3. The number of unbranched alkanes of at least 4 members (excludes halogenated alkanes) is 1. The minimum absolute atomic E-state index is 0.0468. The van der Waals surface area contributed by atoms with Crippen molar-refractivity contribution in [3.05, 3.63) is 29.6 Å². The summed E-state index contributed by atoms with van der Waals surface area (Å²) in [6.07, 6.45) is 3.65. The lowest BCUT2D eigenvalue weighted by Crippen LogP contribution is -2.27. The number of nitrogens with one attached hydrogen (secondary N) is 2. The lowest BCUT2D eigenvalue weighted by atomic mass is 10.1. The normalized spacial score (nSPS) is 11.3. The number of hydrogen-bond donors (Lipinski definition) is 2. The monoisotopic (exact) mass is 346 g/mol. The summed E-state index contributed by atoms with van der Waals surface area (Å²) in [6.45, 7) is 3.65. The summed E-state index contributed by atoms with van der Waals surface area (Å²) < 4.78 is 43.5. The molecule has 0 fully saturated rings. The first-order valence-electron chi connectivity index (χ1n) is 7.46. The fraction of sp³-hybridized carbons (Fsp3) is 0.533. The van der Waals surface area contributed by atoms with Crippen LogP contribution < -0.4 is 10.0 Å². The first-order chi connectivity index (χ1) is 10.8. The summed E-state index contributed by atoms with van der Waals surface area (Å²) in [5.74, 6) is -1.15. The van der Waals surface area contributed by atoms with Crippen molar-refractivity contribution in [2.24, 2.45) is 0 Å². The SMILES string of the molecule is CCCCOCCCNC(=O)c1cc(F)ccc1NS(C)(=O)=O. The van der Waals surface area contributed by atoms with Crippen LogP contribution in [0.5, 0.6) is 0 Å². The molecule has 23 heavy (non-hydrogen) atoms. The minimum atomic E-state index is -3.56. The van der Waals surface area contributed by atoms with Crippen LogP contribution in [0.2, 0.25) is 0 Å². The number of halogens is 1. The van der Waals surface area contributed by atoms with Crippen LogP contribution in [0.15, 0.2) is 18.2 Å². The second kappa shape index (κ2) is 9.46. The maximum absolute atomic E-state index is 13.3. The molecule has 1 amide bonds. The molecule has 0 bridgehead atoms. The predicted octanol–water partition coefficient (Wildman–Crippen LogP) is 2.13. The Morgan fingerprint density at radius 1 is 1.26 bits per heavy atom. The fourth-order valence-electron chi connectivity index (χ4n) is 1.81. The van der Waals surface area contributed by atoms with Gasteiger partial charge < -0.3 is 10.1 Å². The van der Waals surface area contributed by atoms with Crippen molar-refractivity contribution >= 4 is 21.6 Å². The van der Waals surface area contributed by atoms with Crippen LogP contribution >= 0.6 is 0 Å². The molecule has 0 unspecified atom stereocenters. The molecule has 0 aliphatic heterocycles. The van der Waals surface area contributed by atoms with Crippen molar-refractivity contribution in [2.45, 2.75) is 26.2 Å². The molecule has 1 aromatic carbocycles. The molecule has 0 aliphatic carbocycles. The summed E-state index contributed by atoms with van der Waals surface area (Å²) in [5, 5.41) is 2.62. The zero-order valence-electron chi connectivity index (χ0n) is 13.4. The van der Waals surface area contributed by atoms with Gasteiger partial charge in [0.1, 0.15) is 5.82 Å². The van der Waals surface area contributed by atoms with Crippen LogP contribution in [0.3, 0.4) is 0 Å². The smallest absolute Gasteiger partial charge is 0.253 e. The van der Waals surface area contributed by atoms with Gasteiger partial charge in [-0.3, -0.25) is 9.52 Å². The van der Waals surface area contributed by atoms with E-state index in [0.717, 1.165) is 31.2 Å². The topological polar surface area (TPSA) is 84.5 Å². The number of ether oxygens (including phenoxy) is 1. The highest BCUT2D eigenvalue weighted by Gasteiger charge is 2.15. The molecule has 0 saturated carbocycles. The lowest BCUT2D eigenvalue weighted by molar-refractivity contribution is 0.0941. The van der Waals surface area contributed by atoms with Gasteiger partial charge in [0, 0.05) is 19.8 Å². The Labute approximate surface area is 136 Å². The maximum Gasteiger partial charge on any atom is 0.253 e. The van der Waals surface area contributed by atoms with Crippen LogP contribution in [-0.2, 0) is 14.8 Å². The van der Waals surface area contributed by atoms with Gasteiger partial charge in [-0.15, -0.1) is 0 Å². The van der Waals surface area contributed by atoms with Gasteiger partial charge in [0.05, 0.1) is 17.5 Å². The minimum Gasteiger partial charge on any atom is -0.381 e. The summed E-state index contributed by atoms with van der Waals surface area (Å²) in [5.41, 5.74) is -0.00655. The predicted molar refractivity (Wildman–Crippen MR) is 87.5 cm³/mol. The Bertz CT molecular complexity index is 620. The van der Waals surface area contributed by atoms with E-state index < -0.39 is 21.7 Å². The highest BCUT2D eigenvalue weighted by molar-refractivity contribution is 7.92. The van der Waals surface area contributed by atoms with Crippen molar-refractivity contribution in [1.29, 1.82) is 0 Å². The zero-order valence-corrected chi connectivity index (χ0v) is 14.2. The summed E-state index contributed by atoms with van der Waals surface area (Å²) in [7, 11) is -3.56. The summed E-state index contributed by atoms with van der Waals surface area (Å²) in [4.78, 5) is 12.1. The van der Waals surface area contributed by atoms with Gasteiger partial charge in [0.15, 0.2) is 0 Å². The number of hydrogen-bond acceptors (Lipinski definition) is 4. The highest BCUT2D eigenvalue weighted by atomic mass is 32.2. The van der Waals surface area contributed by atoms with E-state index in [9.17, 15) is 17.6 Å². The van der Waals surface area contributed by atoms with Gasteiger partial charge in [0.2, 0.25) is 10.0 Å². The van der Waals surface area contributed by atoms with Crippen LogP contribution in [-0.4, -0.2) is 40.3 Å². The Balaban J connectivity index is 2.56. The van der Waals surface area contributed by atoms with E-state index in [1.165, 1.54) is 6.07 Å². The molecule has 0 aromatic heterocycles. The van der Waals surface area contributed by atoms with Crippen LogP contribution in [0.4, 0.5) is 10.1 Å². The maximum atomic E-state index is 13.3. The molecule has 0 heterocycles. The standard InChI is InChI=1S/C15H23FN2O4S/c1-3-4-9-22-10-5-8-17-15(19)13-11-12(16)6-7-14(13)18-23(2,20)21/h6-7,11,18H,3-5,8-10H2,1-2H3,(H,17,19). The molecule has 8 heteroatoms. The second-order valence-corrected chi connectivity index (χ2v) is 6.89. The Hall–Kier alpha value is -1.67. The second-order valence-electron chi connectivity index (χ2n) is 5.14. The molecule has 0 radical (unpaired) electrons. The van der Waals surface area contributed by atoms with E-state index in [1.54, 1.807) is 0 Å². The molecular formula is C15H23FN2O4S. The molecule has 0 spiro atoms. The average Bonchev–Trinajstić information content (AvgIpc) is 2.46. The fourth-order valence-corrected chi connectivity index (χ4v) is 2.39. The molecule has 2 N–H and O–H groups in total. The first-order valence-corrected chi connectivity index (χ1v) is 9.36. The Kier molecular flexibility index (Phi) is 7.97.